The summed E-state index contributed by atoms with van der Waals surface area (Å²) in [6.07, 6.45) is -3.38. The highest BCUT2D eigenvalue weighted by atomic mass is 19.4. The lowest BCUT2D eigenvalue weighted by molar-refractivity contribution is -0.136. The third kappa shape index (κ3) is 1.52. The summed E-state index contributed by atoms with van der Waals surface area (Å²) in [6.45, 7) is 0. The van der Waals surface area contributed by atoms with Crippen LogP contribution in [0.5, 0.6) is 0 Å². The molecule has 0 unspecified atom stereocenters. The molecule has 0 bridgehead atoms. The van der Waals surface area contributed by atoms with Gasteiger partial charge in [-0.2, -0.15) is 13.2 Å². The van der Waals surface area contributed by atoms with Gasteiger partial charge in [0.05, 0.1) is 22.2 Å². The summed E-state index contributed by atoms with van der Waals surface area (Å²) in [5.74, 6) is 0. The van der Waals surface area contributed by atoms with Crippen molar-refractivity contribution in [1.29, 1.82) is 0 Å². The number of hydrogen-bond acceptors (Lipinski definition) is 2. The third-order valence-electron chi connectivity index (χ3n) is 2.24. The average molecular weight is 228 g/mol. The minimum atomic E-state index is -4.57. The zero-order chi connectivity index (χ0) is 11.9. The number of alkyl halides is 3. The van der Waals surface area contributed by atoms with Crippen LogP contribution in [-0.4, -0.2) is 4.98 Å². The quantitative estimate of drug-likeness (QED) is 0.725. The Hall–Kier alpha value is -1.98. The van der Waals surface area contributed by atoms with Gasteiger partial charge in [0.15, 0.2) is 0 Å². The summed E-state index contributed by atoms with van der Waals surface area (Å²) >= 11 is 0. The second-order valence-electron chi connectivity index (χ2n) is 3.30. The zero-order valence-corrected chi connectivity index (χ0v) is 7.93. The van der Waals surface area contributed by atoms with Gasteiger partial charge < -0.3 is 10.7 Å². The van der Waals surface area contributed by atoms with Crippen molar-refractivity contribution in [2.45, 2.75) is 6.18 Å². The van der Waals surface area contributed by atoms with Crippen LogP contribution in [0.15, 0.2) is 29.2 Å². The van der Waals surface area contributed by atoms with Gasteiger partial charge >= 0.3 is 6.18 Å². The van der Waals surface area contributed by atoms with Gasteiger partial charge in [-0.1, -0.05) is 6.07 Å². The average Bonchev–Trinajstić information content (AvgIpc) is 2.21. The minimum Gasteiger partial charge on any atom is -0.394 e. The number of nitrogen functional groups attached to an aromatic ring is 1. The predicted molar refractivity (Wildman–Crippen MR) is 54.0 cm³/mol. The van der Waals surface area contributed by atoms with E-state index in [-0.39, 0.29) is 11.2 Å². The van der Waals surface area contributed by atoms with E-state index in [1.165, 1.54) is 18.3 Å². The van der Waals surface area contributed by atoms with Crippen molar-refractivity contribution < 1.29 is 13.2 Å². The predicted octanol–water partition coefficient (Wildman–Crippen LogP) is 2.13. The number of halogens is 3. The Balaban J connectivity index is 2.97. The molecule has 1 heterocycles. The molecule has 0 radical (unpaired) electrons. The highest BCUT2D eigenvalue weighted by Gasteiger charge is 2.33. The van der Waals surface area contributed by atoms with E-state index in [2.05, 4.69) is 4.98 Å². The Kier molecular flexibility index (Phi) is 2.15. The van der Waals surface area contributed by atoms with Gasteiger partial charge in [0.1, 0.15) is 0 Å². The Morgan fingerprint density at radius 2 is 1.94 bits per heavy atom. The highest BCUT2D eigenvalue weighted by Crippen LogP contribution is 2.32. The van der Waals surface area contributed by atoms with Gasteiger partial charge in [0, 0.05) is 6.20 Å². The van der Waals surface area contributed by atoms with Crippen molar-refractivity contribution in [3.63, 3.8) is 0 Å². The SMILES string of the molecule is Nc1c[nH]c2cccc(C(F)(F)F)c2c1=O. The van der Waals surface area contributed by atoms with E-state index in [1.54, 1.807) is 0 Å². The number of aromatic nitrogens is 1. The first-order chi connectivity index (χ1) is 7.41. The van der Waals surface area contributed by atoms with Crippen LogP contribution in [0.25, 0.3) is 10.9 Å². The Morgan fingerprint density at radius 3 is 2.56 bits per heavy atom. The second kappa shape index (κ2) is 3.26. The molecule has 0 amide bonds. The van der Waals surface area contributed by atoms with Crippen LogP contribution in [0.4, 0.5) is 18.9 Å². The Morgan fingerprint density at radius 1 is 1.25 bits per heavy atom. The number of pyridine rings is 1. The Bertz CT molecular complexity index is 601. The fraction of sp³-hybridized carbons (Fsp3) is 0.100. The number of aromatic amines is 1. The summed E-state index contributed by atoms with van der Waals surface area (Å²) in [5.41, 5.74) is 3.40. The van der Waals surface area contributed by atoms with E-state index in [9.17, 15) is 18.0 Å². The molecule has 3 nitrogen and oxygen atoms in total. The molecule has 0 saturated heterocycles. The van der Waals surface area contributed by atoms with Crippen molar-refractivity contribution in [2.75, 3.05) is 5.73 Å². The molecule has 0 fully saturated rings. The molecule has 0 atom stereocenters. The highest BCUT2D eigenvalue weighted by molar-refractivity contribution is 5.84. The summed E-state index contributed by atoms with van der Waals surface area (Å²) in [5, 5.41) is -0.421. The second-order valence-corrected chi connectivity index (χ2v) is 3.30. The van der Waals surface area contributed by atoms with Crippen LogP contribution in [0.1, 0.15) is 5.56 Å². The maximum absolute atomic E-state index is 12.6. The molecule has 6 heteroatoms. The lowest BCUT2D eigenvalue weighted by Crippen LogP contribution is -2.15. The van der Waals surface area contributed by atoms with E-state index in [1.807, 2.05) is 0 Å². The topological polar surface area (TPSA) is 58.9 Å². The molecule has 2 aromatic rings. The van der Waals surface area contributed by atoms with Crippen molar-refractivity contribution in [3.8, 4) is 0 Å². The lowest BCUT2D eigenvalue weighted by Gasteiger charge is -2.09. The monoisotopic (exact) mass is 228 g/mol. The van der Waals surface area contributed by atoms with Crippen LogP contribution in [0.2, 0.25) is 0 Å². The van der Waals surface area contributed by atoms with Crippen molar-refractivity contribution in [3.05, 3.63) is 40.2 Å². The summed E-state index contributed by atoms with van der Waals surface area (Å²) in [7, 11) is 0. The molecule has 0 aliphatic rings. The molecular formula is C10H7F3N2O. The smallest absolute Gasteiger partial charge is 0.394 e. The van der Waals surface area contributed by atoms with E-state index >= 15 is 0 Å². The minimum absolute atomic E-state index is 0.119. The molecule has 0 aliphatic heterocycles. The fourth-order valence-corrected chi connectivity index (χ4v) is 1.52. The molecule has 3 N–H and O–H groups in total. The molecule has 1 aromatic heterocycles. The number of fused-ring (bicyclic) bond motifs is 1. The van der Waals surface area contributed by atoms with Crippen molar-refractivity contribution in [2.24, 2.45) is 0 Å². The fourth-order valence-electron chi connectivity index (χ4n) is 1.52. The molecule has 0 spiro atoms. The number of benzene rings is 1. The molecule has 16 heavy (non-hydrogen) atoms. The molecule has 1 aromatic carbocycles. The van der Waals surface area contributed by atoms with E-state index in [0.29, 0.717) is 0 Å². The molecular weight excluding hydrogens is 221 g/mol. The number of rotatable bonds is 0. The van der Waals surface area contributed by atoms with Gasteiger partial charge in [-0.15, -0.1) is 0 Å². The molecule has 0 saturated carbocycles. The van der Waals surface area contributed by atoms with Crippen LogP contribution < -0.4 is 11.2 Å². The number of anilines is 1. The van der Waals surface area contributed by atoms with Crippen LogP contribution in [0, 0.1) is 0 Å². The van der Waals surface area contributed by atoms with Gasteiger partial charge in [-0.05, 0) is 12.1 Å². The largest absolute Gasteiger partial charge is 0.417 e. The van der Waals surface area contributed by atoms with E-state index in [0.717, 1.165) is 6.07 Å². The van der Waals surface area contributed by atoms with Gasteiger partial charge in [0.2, 0.25) is 5.43 Å². The van der Waals surface area contributed by atoms with Crippen molar-refractivity contribution >= 4 is 16.6 Å². The molecule has 2 rings (SSSR count). The first-order valence-corrected chi connectivity index (χ1v) is 4.38. The summed E-state index contributed by atoms with van der Waals surface area (Å²) < 4.78 is 37.9. The van der Waals surface area contributed by atoms with Crippen LogP contribution >= 0.6 is 0 Å². The summed E-state index contributed by atoms with van der Waals surface area (Å²) in [6, 6.07) is 3.49. The Labute approximate surface area is 87.7 Å². The van der Waals surface area contributed by atoms with Crippen LogP contribution in [0.3, 0.4) is 0 Å². The first-order valence-electron chi connectivity index (χ1n) is 4.38. The van der Waals surface area contributed by atoms with E-state index in [4.69, 9.17) is 5.73 Å². The first kappa shape index (κ1) is 10.5. The normalized spacial score (nSPS) is 11.9. The third-order valence-corrected chi connectivity index (χ3v) is 2.24. The maximum Gasteiger partial charge on any atom is 0.417 e. The molecule has 0 aliphatic carbocycles. The van der Waals surface area contributed by atoms with Crippen molar-refractivity contribution in [1.82, 2.24) is 4.98 Å². The number of nitrogens with one attached hydrogen (secondary N) is 1. The van der Waals surface area contributed by atoms with Gasteiger partial charge in [0.25, 0.3) is 0 Å². The number of nitrogens with two attached hydrogens (primary N) is 1. The maximum atomic E-state index is 12.6. The number of H-pyrrole nitrogens is 1. The van der Waals surface area contributed by atoms with E-state index < -0.39 is 22.6 Å². The van der Waals surface area contributed by atoms with Gasteiger partial charge in [-0.3, -0.25) is 4.79 Å². The molecule has 84 valence electrons. The number of hydrogen-bond donors (Lipinski definition) is 2. The lowest BCUT2D eigenvalue weighted by atomic mass is 10.1. The van der Waals surface area contributed by atoms with Gasteiger partial charge in [-0.25, -0.2) is 0 Å². The standard InChI is InChI=1S/C10H7F3N2O/c11-10(12,13)5-2-1-3-7-8(5)9(16)6(14)4-15-7/h1-4H,14H2,(H,15,16). The zero-order valence-electron chi connectivity index (χ0n) is 7.93. The summed E-state index contributed by atoms with van der Waals surface area (Å²) in [4.78, 5) is 14.1. The van der Waals surface area contributed by atoms with Crippen LogP contribution in [-0.2, 0) is 6.18 Å².